The van der Waals surface area contributed by atoms with Gasteiger partial charge in [0.05, 0.1) is 6.04 Å². The van der Waals surface area contributed by atoms with Gasteiger partial charge in [0.25, 0.3) is 0 Å². The van der Waals surface area contributed by atoms with E-state index in [1.165, 1.54) is 12.1 Å². The van der Waals surface area contributed by atoms with Gasteiger partial charge in [0.15, 0.2) is 0 Å². The third-order valence-electron chi connectivity index (χ3n) is 2.90. The minimum absolute atomic E-state index is 0.236. The molecule has 0 aliphatic heterocycles. The van der Waals surface area contributed by atoms with Gasteiger partial charge in [-0.05, 0) is 30.7 Å². The highest BCUT2D eigenvalue weighted by Crippen LogP contribution is 2.17. The van der Waals surface area contributed by atoms with E-state index in [0.717, 1.165) is 17.7 Å². The zero-order valence-corrected chi connectivity index (χ0v) is 11.4. The molecule has 0 unspecified atom stereocenters. The van der Waals surface area contributed by atoms with Crippen LogP contribution in [-0.2, 0) is 4.79 Å². The molecule has 1 aromatic carbocycles. The molecular weight excluding hydrogens is 274 g/mol. The normalized spacial score (nSPS) is 12.3. The highest BCUT2D eigenvalue weighted by atomic mass is 19.1. The highest BCUT2D eigenvalue weighted by molar-refractivity contribution is 5.91. The number of benzene rings is 1. The van der Waals surface area contributed by atoms with Crippen LogP contribution in [0.5, 0.6) is 0 Å². The lowest BCUT2D eigenvalue weighted by Crippen LogP contribution is -2.25. The van der Waals surface area contributed by atoms with Crippen molar-refractivity contribution in [2.45, 2.75) is 13.0 Å². The predicted octanol–water partition coefficient (Wildman–Crippen LogP) is 3.25. The van der Waals surface area contributed by atoms with Gasteiger partial charge < -0.3 is 5.32 Å². The standard InChI is InChI=1S/C16H14F2N2O/c1-11(14-6-5-13(17)9-15(14)18)20-16(21)7-4-12-3-2-8-19-10-12/h2-11H,1H3,(H,20,21)/b7-4+/t11-/m0/s1. The summed E-state index contributed by atoms with van der Waals surface area (Å²) in [5.41, 5.74) is 1.02. The molecule has 1 atom stereocenters. The van der Waals surface area contributed by atoms with Crippen molar-refractivity contribution in [1.82, 2.24) is 10.3 Å². The second-order valence-corrected chi connectivity index (χ2v) is 4.52. The average molecular weight is 288 g/mol. The lowest BCUT2D eigenvalue weighted by atomic mass is 10.1. The number of amides is 1. The number of pyridine rings is 1. The molecule has 2 rings (SSSR count). The zero-order chi connectivity index (χ0) is 15.2. The lowest BCUT2D eigenvalue weighted by molar-refractivity contribution is -0.117. The van der Waals surface area contributed by atoms with Gasteiger partial charge in [-0.1, -0.05) is 12.1 Å². The van der Waals surface area contributed by atoms with Crippen LogP contribution < -0.4 is 5.32 Å². The van der Waals surface area contributed by atoms with Gasteiger partial charge in [0, 0.05) is 30.1 Å². The first-order chi connectivity index (χ1) is 10.1. The summed E-state index contributed by atoms with van der Waals surface area (Å²) < 4.78 is 26.4. The van der Waals surface area contributed by atoms with Crippen LogP contribution in [0.3, 0.4) is 0 Å². The molecule has 1 heterocycles. The summed E-state index contributed by atoms with van der Waals surface area (Å²) in [6, 6.07) is 6.28. The predicted molar refractivity (Wildman–Crippen MR) is 76.2 cm³/mol. The molecule has 5 heteroatoms. The van der Waals surface area contributed by atoms with Gasteiger partial charge in [-0.2, -0.15) is 0 Å². The van der Waals surface area contributed by atoms with Crippen molar-refractivity contribution in [2.24, 2.45) is 0 Å². The van der Waals surface area contributed by atoms with Crippen LogP contribution in [0.1, 0.15) is 24.1 Å². The van der Waals surface area contributed by atoms with Crippen LogP contribution >= 0.6 is 0 Å². The molecule has 0 fully saturated rings. The molecule has 0 aliphatic rings. The zero-order valence-electron chi connectivity index (χ0n) is 11.4. The van der Waals surface area contributed by atoms with Gasteiger partial charge in [-0.25, -0.2) is 8.78 Å². The Morgan fingerprint density at radius 1 is 1.33 bits per heavy atom. The summed E-state index contributed by atoms with van der Waals surface area (Å²) in [6.45, 7) is 1.63. The Labute approximate surface area is 121 Å². The number of carbonyl (C=O) groups excluding carboxylic acids is 1. The monoisotopic (exact) mass is 288 g/mol. The van der Waals surface area contributed by atoms with Crippen LogP contribution in [0.4, 0.5) is 8.78 Å². The fourth-order valence-corrected chi connectivity index (χ4v) is 1.84. The van der Waals surface area contributed by atoms with E-state index in [0.29, 0.717) is 0 Å². The first-order valence-electron chi connectivity index (χ1n) is 6.40. The molecule has 1 N–H and O–H groups in total. The Morgan fingerprint density at radius 3 is 2.81 bits per heavy atom. The fraction of sp³-hybridized carbons (Fsp3) is 0.125. The van der Waals surface area contributed by atoms with Gasteiger partial charge >= 0.3 is 0 Å². The van der Waals surface area contributed by atoms with E-state index in [9.17, 15) is 13.6 Å². The van der Waals surface area contributed by atoms with Gasteiger partial charge in [0.1, 0.15) is 11.6 Å². The molecule has 21 heavy (non-hydrogen) atoms. The number of aromatic nitrogens is 1. The number of carbonyl (C=O) groups is 1. The van der Waals surface area contributed by atoms with E-state index in [2.05, 4.69) is 10.3 Å². The third-order valence-corrected chi connectivity index (χ3v) is 2.90. The number of hydrogen-bond donors (Lipinski definition) is 1. The van der Waals surface area contributed by atoms with E-state index in [1.54, 1.807) is 37.5 Å². The van der Waals surface area contributed by atoms with E-state index in [-0.39, 0.29) is 11.5 Å². The van der Waals surface area contributed by atoms with Crippen LogP contribution in [0.25, 0.3) is 6.08 Å². The van der Waals surface area contributed by atoms with Crippen LogP contribution in [0.2, 0.25) is 0 Å². The Hall–Kier alpha value is -2.56. The second kappa shape index (κ2) is 6.74. The maximum Gasteiger partial charge on any atom is 0.244 e. The van der Waals surface area contributed by atoms with Crippen molar-refractivity contribution < 1.29 is 13.6 Å². The van der Waals surface area contributed by atoms with E-state index < -0.39 is 17.7 Å². The van der Waals surface area contributed by atoms with Crippen LogP contribution in [0.15, 0.2) is 48.8 Å². The lowest BCUT2D eigenvalue weighted by Gasteiger charge is -2.13. The summed E-state index contributed by atoms with van der Waals surface area (Å²) in [5, 5.41) is 2.62. The van der Waals surface area contributed by atoms with Crippen molar-refractivity contribution in [3.05, 3.63) is 71.6 Å². The number of rotatable bonds is 4. The quantitative estimate of drug-likeness (QED) is 0.877. The van der Waals surface area contributed by atoms with Crippen LogP contribution in [0, 0.1) is 11.6 Å². The van der Waals surface area contributed by atoms with Crippen molar-refractivity contribution in [3.8, 4) is 0 Å². The van der Waals surface area contributed by atoms with Gasteiger partial charge in [-0.3, -0.25) is 9.78 Å². The SMILES string of the molecule is C[C@H](NC(=O)/C=C/c1cccnc1)c1ccc(F)cc1F. The Balaban J connectivity index is 2.00. The maximum atomic E-state index is 13.6. The van der Waals surface area contributed by atoms with Crippen LogP contribution in [-0.4, -0.2) is 10.9 Å². The summed E-state index contributed by atoms with van der Waals surface area (Å²) >= 11 is 0. The highest BCUT2D eigenvalue weighted by Gasteiger charge is 2.12. The molecule has 0 saturated heterocycles. The third kappa shape index (κ3) is 4.21. The van der Waals surface area contributed by atoms with Crippen molar-refractivity contribution in [1.29, 1.82) is 0 Å². The summed E-state index contributed by atoms with van der Waals surface area (Å²) in [5.74, 6) is -1.69. The molecule has 2 aromatic rings. The summed E-state index contributed by atoms with van der Waals surface area (Å²) in [7, 11) is 0. The molecule has 3 nitrogen and oxygen atoms in total. The second-order valence-electron chi connectivity index (χ2n) is 4.52. The number of nitrogens with one attached hydrogen (secondary N) is 1. The number of hydrogen-bond acceptors (Lipinski definition) is 2. The van der Waals surface area contributed by atoms with Crippen molar-refractivity contribution in [2.75, 3.05) is 0 Å². The molecule has 0 bridgehead atoms. The Morgan fingerprint density at radius 2 is 2.14 bits per heavy atom. The molecule has 1 aromatic heterocycles. The smallest absolute Gasteiger partial charge is 0.244 e. The molecule has 1 amide bonds. The first-order valence-corrected chi connectivity index (χ1v) is 6.40. The summed E-state index contributed by atoms with van der Waals surface area (Å²) in [6.07, 6.45) is 6.20. The minimum Gasteiger partial charge on any atom is -0.346 e. The number of nitrogens with zero attached hydrogens (tertiary/aromatic N) is 1. The molecule has 0 aliphatic carbocycles. The van der Waals surface area contributed by atoms with Gasteiger partial charge in [-0.15, -0.1) is 0 Å². The van der Waals surface area contributed by atoms with E-state index in [1.807, 2.05) is 0 Å². The fourth-order valence-electron chi connectivity index (χ4n) is 1.84. The van der Waals surface area contributed by atoms with Gasteiger partial charge in [0.2, 0.25) is 5.91 Å². The molecule has 0 saturated carbocycles. The minimum atomic E-state index is -0.681. The maximum absolute atomic E-state index is 13.6. The Kier molecular flexibility index (Phi) is 4.77. The van der Waals surface area contributed by atoms with E-state index in [4.69, 9.17) is 0 Å². The summed E-state index contributed by atoms with van der Waals surface area (Å²) in [4.78, 5) is 15.7. The Bertz CT molecular complexity index is 657. The largest absolute Gasteiger partial charge is 0.346 e. The van der Waals surface area contributed by atoms with Crippen molar-refractivity contribution in [3.63, 3.8) is 0 Å². The molecule has 0 spiro atoms. The molecular formula is C16H14F2N2O. The van der Waals surface area contributed by atoms with Crippen molar-refractivity contribution >= 4 is 12.0 Å². The number of halogens is 2. The topological polar surface area (TPSA) is 42.0 Å². The first kappa shape index (κ1) is 14.8. The van der Waals surface area contributed by atoms with E-state index >= 15 is 0 Å². The molecule has 108 valence electrons. The molecule has 0 radical (unpaired) electrons. The average Bonchev–Trinajstić information content (AvgIpc) is 2.46.